The van der Waals surface area contributed by atoms with Gasteiger partial charge in [0.05, 0.1) is 21.3 Å². The van der Waals surface area contributed by atoms with Crippen molar-refractivity contribution in [1.82, 2.24) is 0 Å². The molecule has 0 aliphatic heterocycles. The SMILES string of the molecule is Cc1ccc(S(=O)(=O)N(CC(=O)Nc2ccccc2Cl)c2ccc(C)c(C)c2)cc1. The summed E-state index contributed by atoms with van der Waals surface area (Å²) in [6.45, 7) is 5.35. The number of aryl methyl sites for hydroxylation is 3. The molecule has 0 saturated carbocycles. The van der Waals surface area contributed by atoms with E-state index in [4.69, 9.17) is 11.6 Å². The van der Waals surface area contributed by atoms with Gasteiger partial charge in [0.25, 0.3) is 10.0 Å². The van der Waals surface area contributed by atoms with Gasteiger partial charge in [-0.05, 0) is 68.3 Å². The van der Waals surface area contributed by atoms with E-state index in [0.717, 1.165) is 21.0 Å². The Balaban J connectivity index is 1.99. The molecular weight excluding hydrogens is 420 g/mol. The number of para-hydroxylation sites is 1. The van der Waals surface area contributed by atoms with E-state index in [1.165, 1.54) is 0 Å². The molecule has 0 heterocycles. The minimum absolute atomic E-state index is 0.122. The molecule has 156 valence electrons. The smallest absolute Gasteiger partial charge is 0.264 e. The van der Waals surface area contributed by atoms with E-state index in [1.54, 1.807) is 60.7 Å². The van der Waals surface area contributed by atoms with Crippen molar-refractivity contribution >= 4 is 38.9 Å². The molecule has 1 amide bonds. The predicted octanol–water partition coefficient (Wildman–Crippen LogP) is 5.10. The molecule has 3 aromatic carbocycles. The van der Waals surface area contributed by atoms with Crippen molar-refractivity contribution in [1.29, 1.82) is 0 Å². The van der Waals surface area contributed by atoms with Crippen LogP contribution in [0.15, 0.2) is 71.6 Å². The van der Waals surface area contributed by atoms with Crippen LogP contribution in [0.25, 0.3) is 0 Å². The van der Waals surface area contributed by atoms with Gasteiger partial charge in [-0.3, -0.25) is 9.10 Å². The summed E-state index contributed by atoms with van der Waals surface area (Å²) in [5.41, 5.74) is 3.77. The Morgan fingerprint density at radius 1 is 0.933 bits per heavy atom. The fourth-order valence-corrected chi connectivity index (χ4v) is 4.51. The summed E-state index contributed by atoms with van der Waals surface area (Å²) in [7, 11) is -3.96. The summed E-state index contributed by atoms with van der Waals surface area (Å²) < 4.78 is 28.0. The first kappa shape index (κ1) is 21.9. The first-order chi connectivity index (χ1) is 14.2. The van der Waals surface area contributed by atoms with Crippen LogP contribution < -0.4 is 9.62 Å². The second-order valence-electron chi connectivity index (χ2n) is 7.12. The maximum atomic E-state index is 13.4. The van der Waals surface area contributed by atoms with Gasteiger partial charge in [0.1, 0.15) is 6.54 Å². The number of carbonyl (C=O) groups excluding carboxylic acids is 1. The summed E-state index contributed by atoms with van der Waals surface area (Å²) in [5, 5.41) is 3.07. The molecule has 5 nitrogen and oxygen atoms in total. The highest BCUT2D eigenvalue weighted by atomic mass is 35.5. The number of nitrogens with one attached hydrogen (secondary N) is 1. The van der Waals surface area contributed by atoms with E-state index < -0.39 is 15.9 Å². The fourth-order valence-electron chi connectivity index (χ4n) is 2.92. The zero-order valence-electron chi connectivity index (χ0n) is 17.0. The molecule has 0 unspecified atom stereocenters. The van der Waals surface area contributed by atoms with E-state index in [2.05, 4.69) is 5.32 Å². The number of anilines is 2. The lowest BCUT2D eigenvalue weighted by atomic mass is 10.1. The lowest BCUT2D eigenvalue weighted by Crippen LogP contribution is -2.38. The number of halogens is 1. The van der Waals surface area contributed by atoms with Gasteiger partial charge in [-0.25, -0.2) is 8.42 Å². The molecule has 0 saturated heterocycles. The van der Waals surface area contributed by atoms with Crippen molar-refractivity contribution in [3.05, 3.63) is 88.4 Å². The van der Waals surface area contributed by atoms with Gasteiger partial charge in [0.15, 0.2) is 0 Å². The van der Waals surface area contributed by atoms with Crippen LogP contribution in [0.5, 0.6) is 0 Å². The van der Waals surface area contributed by atoms with Crippen LogP contribution in [0.2, 0.25) is 5.02 Å². The van der Waals surface area contributed by atoms with E-state index in [9.17, 15) is 13.2 Å². The number of hydrogen-bond donors (Lipinski definition) is 1. The number of nitrogens with zero attached hydrogens (tertiary/aromatic N) is 1. The highest BCUT2D eigenvalue weighted by Gasteiger charge is 2.27. The lowest BCUT2D eigenvalue weighted by molar-refractivity contribution is -0.114. The number of rotatable bonds is 6. The Morgan fingerprint density at radius 2 is 1.60 bits per heavy atom. The van der Waals surface area contributed by atoms with E-state index in [0.29, 0.717) is 16.4 Å². The van der Waals surface area contributed by atoms with Crippen molar-refractivity contribution in [2.24, 2.45) is 0 Å². The molecule has 0 bridgehead atoms. The zero-order chi connectivity index (χ0) is 21.9. The molecule has 3 aromatic rings. The summed E-state index contributed by atoms with van der Waals surface area (Å²) >= 11 is 6.11. The molecular formula is C23H23ClN2O3S. The Hall–Kier alpha value is -2.83. The van der Waals surface area contributed by atoms with E-state index >= 15 is 0 Å². The molecule has 7 heteroatoms. The predicted molar refractivity (Wildman–Crippen MR) is 122 cm³/mol. The van der Waals surface area contributed by atoms with Crippen molar-refractivity contribution < 1.29 is 13.2 Å². The third kappa shape index (κ3) is 4.83. The Morgan fingerprint density at radius 3 is 2.23 bits per heavy atom. The quantitative estimate of drug-likeness (QED) is 0.577. The lowest BCUT2D eigenvalue weighted by Gasteiger charge is -2.25. The van der Waals surface area contributed by atoms with Crippen molar-refractivity contribution in [2.45, 2.75) is 25.7 Å². The van der Waals surface area contributed by atoms with Crippen LogP contribution >= 0.6 is 11.6 Å². The zero-order valence-corrected chi connectivity index (χ0v) is 18.6. The maximum absolute atomic E-state index is 13.4. The number of benzene rings is 3. The Kier molecular flexibility index (Phi) is 6.48. The van der Waals surface area contributed by atoms with Crippen molar-refractivity contribution in [3.63, 3.8) is 0 Å². The normalized spacial score (nSPS) is 11.2. The largest absolute Gasteiger partial charge is 0.323 e. The average Bonchev–Trinajstić information content (AvgIpc) is 2.70. The van der Waals surface area contributed by atoms with Crippen LogP contribution in [0.4, 0.5) is 11.4 Å². The second kappa shape index (κ2) is 8.90. The first-order valence-electron chi connectivity index (χ1n) is 9.39. The molecule has 0 aromatic heterocycles. The molecule has 0 aliphatic rings. The van der Waals surface area contributed by atoms with Gasteiger partial charge >= 0.3 is 0 Å². The molecule has 0 radical (unpaired) electrons. The average molecular weight is 443 g/mol. The molecule has 30 heavy (non-hydrogen) atoms. The number of carbonyl (C=O) groups is 1. The molecule has 0 atom stereocenters. The van der Waals surface area contributed by atoms with Gasteiger partial charge in [-0.15, -0.1) is 0 Å². The summed E-state index contributed by atoms with van der Waals surface area (Å²) in [4.78, 5) is 12.9. The van der Waals surface area contributed by atoms with Gasteiger partial charge in [-0.1, -0.05) is 47.5 Å². The highest BCUT2D eigenvalue weighted by molar-refractivity contribution is 7.92. The van der Waals surface area contributed by atoms with Gasteiger partial charge in [0.2, 0.25) is 5.91 Å². The standard InChI is InChI=1S/C23H23ClN2O3S/c1-16-8-12-20(13-9-16)30(28,29)26(19-11-10-17(2)18(3)14-19)15-23(27)25-22-7-5-4-6-21(22)24/h4-14H,15H2,1-3H3,(H,25,27). The van der Waals surface area contributed by atoms with Crippen LogP contribution in [-0.4, -0.2) is 20.9 Å². The molecule has 0 fully saturated rings. The van der Waals surface area contributed by atoms with E-state index in [-0.39, 0.29) is 11.4 Å². The Bertz CT molecular complexity index is 1180. The number of hydrogen-bond acceptors (Lipinski definition) is 3. The third-order valence-corrected chi connectivity index (χ3v) is 6.94. The van der Waals surface area contributed by atoms with E-state index in [1.807, 2.05) is 26.8 Å². The Labute approximate surface area is 182 Å². The van der Waals surface area contributed by atoms with Crippen LogP contribution in [0, 0.1) is 20.8 Å². The molecule has 0 aliphatic carbocycles. The van der Waals surface area contributed by atoms with Gasteiger partial charge in [0, 0.05) is 0 Å². The van der Waals surface area contributed by atoms with Crippen LogP contribution in [-0.2, 0) is 14.8 Å². The summed E-state index contributed by atoms with van der Waals surface area (Å²) in [6.07, 6.45) is 0. The molecule has 1 N–H and O–H groups in total. The summed E-state index contributed by atoms with van der Waals surface area (Å²) in [6, 6.07) is 18.7. The van der Waals surface area contributed by atoms with Gasteiger partial charge < -0.3 is 5.32 Å². The second-order valence-corrected chi connectivity index (χ2v) is 9.39. The molecule has 3 rings (SSSR count). The summed E-state index contributed by atoms with van der Waals surface area (Å²) in [5.74, 6) is -0.489. The first-order valence-corrected chi connectivity index (χ1v) is 11.2. The van der Waals surface area contributed by atoms with Crippen molar-refractivity contribution in [2.75, 3.05) is 16.2 Å². The maximum Gasteiger partial charge on any atom is 0.264 e. The number of sulfonamides is 1. The molecule has 0 spiro atoms. The monoisotopic (exact) mass is 442 g/mol. The minimum atomic E-state index is -3.96. The topological polar surface area (TPSA) is 66.5 Å². The van der Waals surface area contributed by atoms with Crippen molar-refractivity contribution in [3.8, 4) is 0 Å². The van der Waals surface area contributed by atoms with Gasteiger partial charge in [-0.2, -0.15) is 0 Å². The third-order valence-electron chi connectivity index (χ3n) is 4.82. The highest BCUT2D eigenvalue weighted by Crippen LogP contribution is 2.27. The number of amides is 1. The van der Waals surface area contributed by atoms with Crippen LogP contribution in [0.1, 0.15) is 16.7 Å². The minimum Gasteiger partial charge on any atom is -0.323 e. The van der Waals surface area contributed by atoms with Crippen LogP contribution in [0.3, 0.4) is 0 Å². The fraction of sp³-hybridized carbons (Fsp3) is 0.174.